The van der Waals surface area contributed by atoms with Crippen molar-refractivity contribution in [2.24, 2.45) is 11.7 Å². The average molecular weight is 346 g/mol. The van der Waals surface area contributed by atoms with Crippen LogP contribution in [-0.2, 0) is 4.79 Å². The zero-order valence-corrected chi connectivity index (χ0v) is 13.9. The number of hydrogen-bond acceptors (Lipinski definition) is 3. The first-order valence-corrected chi connectivity index (χ1v) is 8.13. The van der Waals surface area contributed by atoms with Crippen molar-refractivity contribution in [1.82, 2.24) is 0 Å². The van der Waals surface area contributed by atoms with Crippen molar-refractivity contribution < 1.29 is 18.3 Å². The lowest BCUT2D eigenvalue weighted by molar-refractivity contribution is -0.120. The molecule has 0 radical (unpaired) electrons. The molecular formula is C19H20F2N2O2. The van der Waals surface area contributed by atoms with Crippen LogP contribution in [0.2, 0.25) is 0 Å². The first kappa shape index (κ1) is 17.4. The third-order valence-corrected chi connectivity index (χ3v) is 4.73. The highest BCUT2D eigenvalue weighted by molar-refractivity contribution is 5.95. The Kier molecular flexibility index (Phi) is 4.99. The van der Waals surface area contributed by atoms with E-state index in [-0.39, 0.29) is 30.4 Å². The number of methoxy groups -OCH3 is 1. The fourth-order valence-corrected chi connectivity index (χ4v) is 3.34. The number of anilines is 1. The highest BCUT2D eigenvalue weighted by Crippen LogP contribution is 2.37. The van der Waals surface area contributed by atoms with Gasteiger partial charge in [0.15, 0.2) is 0 Å². The van der Waals surface area contributed by atoms with Gasteiger partial charge in [-0.1, -0.05) is 0 Å². The van der Waals surface area contributed by atoms with Crippen LogP contribution in [0.1, 0.15) is 17.9 Å². The molecule has 4 nitrogen and oxygen atoms in total. The predicted molar refractivity (Wildman–Crippen MR) is 91.6 cm³/mol. The quantitative estimate of drug-likeness (QED) is 0.926. The lowest BCUT2D eigenvalue weighted by Crippen LogP contribution is -2.46. The molecule has 0 aromatic heterocycles. The van der Waals surface area contributed by atoms with Crippen LogP contribution in [0.5, 0.6) is 5.75 Å². The minimum atomic E-state index is -0.516. The van der Waals surface area contributed by atoms with E-state index >= 15 is 0 Å². The van der Waals surface area contributed by atoms with Gasteiger partial charge in [-0.05, 0) is 60.5 Å². The highest BCUT2D eigenvalue weighted by atomic mass is 19.1. The molecular weight excluding hydrogens is 326 g/mol. The third-order valence-electron chi connectivity index (χ3n) is 4.73. The predicted octanol–water partition coefficient (Wildman–Crippen LogP) is 3.07. The van der Waals surface area contributed by atoms with E-state index in [9.17, 15) is 13.6 Å². The molecule has 2 atom stereocenters. The summed E-state index contributed by atoms with van der Waals surface area (Å²) < 4.78 is 32.8. The molecule has 1 aliphatic rings. The topological polar surface area (TPSA) is 55.6 Å². The van der Waals surface area contributed by atoms with Gasteiger partial charge in [0.05, 0.1) is 7.11 Å². The smallest absolute Gasteiger partial charge is 0.227 e. The van der Waals surface area contributed by atoms with Crippen molar-refractivity contribution in [1.29, 1.82) is 0 Å². The molecule has 1 saturated heterocycles. The van der Waals surface area contributed by atoms with E-state index in [1.807, 2.05) is 0 Å². The van der Waals surface area contributed by atoms with Gasteiger partial charge in [-0.3, -0.25) is 4.79 Å². The van der Waals surface area contributed by atoms with E-state index in [0.29, 0.717) is 12.3 Å². The van der Waals surface area contributed by atoms with E-state index in [1.54, 1.807) is 36.3 Å². The Morgan fingerprint density at radius 3 is 2.56 bits per heavy atom. The van der Waals surface area contributed by atoms with E-state index in [2.05, 4.69) is 0 Å². The van der Waals surface area contributed by atoms with Crippen molar-refractivity contribution in [3.8, 4) is 5.75 Å². The summed E-state index contributed by atoms with van der Waals surface area (Å²) >= 11 is 0. The molecule has 132 valence electrons. The molecule has 2 N–H and O–H groups in total. The number of carbonyl (C=O) groups is 1. The van der Waals surface area contributed by atoms with E-state index in [4.69, 9.17) is 10.5 Å². The number of piperidine rings is 1. The lowest BCUT2D eigenvalue weighted by atomic mass is 9.79. The molecule has 1 amide bonds. The molecule has 1 heterocycles. The first-order valence-electron chi connectivity index (χ1n) is 8.13. The van der Waals surface area contributed by atoms with Crippen LogP contribution in [0.3, 0.4) is 0 Å². The van der Waals surface area contributed by atoms with E-state index in [1.165, 1.54) is 6.07 Å². The maximum absolute atomic E-state index is 14.1. The molecule has 6 heteroatoms. The normalized spacial score (nSPS) is 20.6. The Bertz CT molecular complexity index is 765. The summed E-state index contributed by atoms with van der Waals surface area (Å²) in [4.78, 5) is 14.3. The third kappa shape index (κ3) is 3.49. The van der Waals surface area contributed by atoms with Crippen LogP contribution in [-0.4, -0.2) is 26.1 Å². The molecule has 0 bridgehead atoms. The summed E-state index contributed by atoms with van der Waals surface area (Å²) in [6.07, 6.45) is 0.0915. The number of nitrogens with two attached hydrogens (primary N) is 1. The summed E-state index contributed by atoms with van der Waals surface area (Å²) in [6.45, 7) is 0.642. The van der Waals surface area contributed by atoms with Gasteiger partial charge in [-0.15, -0.1) is 0 Å². The summed E-state index contributed by atoms with van der Waals surface area (Å²) in [5.74, 6) is -1.04. The fourth-order valence-electron chi connectivity index (χ4n) is 3.34. The van der Waals surface area contributed by atoms with Gasteiger partial charge in [0.1, 0.15) is 17.4 Å². The minimum absolute atomic E-state index is 0.0915. The Labute approximate surface area is 145 Å². The molecule has 0 saturated carbocycles. The largest absolute Gasteiger partial charge is 0.497 e. The van der Waals surface area contributed by atoms with Crippen LogP contribution in [0.25, 0.3) is 0 Å². The maximum atomic E-state index is 14.1. The van der Waals surface area contributed by atoms with E-state index < -0.39 is 17.6 Å². The van der Waals surface area contributed by atoms with Gasteiger partial charge in [0.25, 0.3) is 0 Å². The van der Waals surface area contributed by atoms with Gasteiger partial charge < -0.3 is 15.4 Å². The number of nitrogens with zero attached hydrogens (tertiary/aromatic N) is 1. The number of rotatable bonds is 4. The number of halogens is 2. The second-order valence-corrected chi connectivity index (χ2v) is 6.17. The fraction of sp³-hybridized carbons (Fsp3) is 0.316. The molecule has 25 heavy (non-hydrogen) atoms. The van der Waals surface area contributed by atoms with Gasteiger partial charge >= 0.3 is 0 Å². The molecule has 0 aliphatic carbocycles. The molecule has 0 spiro atoms. The monoisotopic (exact) mass is 346 g/mol. The van der Waals surface area contributed by atoms with Crippen LogP contribution in [0, 0.1) is 17.6 Å². The highest BCUT2D eigenvalue weighted by Gasteiger charge is 2.36. The zero-order valence-electron chi connectivity index (χ0n) is 13.9. The lowest BCUT2D eigenvalue weighted by Gasteiger charge is -2.38. The van der Waals surface area contributed by atoms with Crippen molar-refractivity contribution in [2.75, 3.05) is 25.1 Å². The van der Waals surface area contributed by atoms with Gasteiger partial charge in [-0.25, -0.2) is 8.78 Å². The number of ether oxygens (including phenoxy) is 1. The number of carbonyl (C=O) groups excluding carboxylic acids is 1. The zero-order chi connectivity index (χ0) is 18.0. The molecule has 0 unspecified atom stereocenters. The number of benzene rings is 2. The molecule has 2 aromatic rings. The van der Waals surface area contributed by atoms with Crippen molar-refractivity contribution in [2.45, 2.75) is 12.3 Å². The Balaban J connectivity index is 1.87. The number of hydrogen-bond donors (Lipinski definition) is 1. The van der Waals surface area contributed by atoms with E-state index in [0.717, 1.165) is 17.8 Å². The van der Waals surface area contributed by atoms with Gasteiger partial charge in [0.2, 0.25) is 5.91 Å². The van der Waals surface area contributed by atoms with Crippen LogP contribution in [0.4, 0.5) is 14.5 Å². The molecule has 3 rings (SSSR count). The molecule has 2 aromatic carbocycles. The summed E-state index contributed by atoms with van der Waals surface area (Å²) in [5.41, 5.74) is 6.84. The molecule has 1 aliphatic heterocycles. The standard InChI is InChI=1S/C19H20F2N2O2/c1-25-15-5-3-14(4-6-15)23-11-12(10-22)16(9-19(23)24)17-8-13(20)2-7-18(17)21/h2-8,12,16H,9-11,22H2,1H3/t12-,16-/m0/s1. The van der Waals surface area contributed by atoms with Crippen molar-refractivity contribution >= 4 is 11.6 Å². The van der Waals surface area contributed by atoms with Gasteiger partial charge in [0, 0.05) is 24.6 Å². The summed E-state index contributed by atoms with van der Waals surface area (Å²) in [7, 11) is 1.57. The van der Waals surface area contributed by atoms with Crippen LogP contribution < -0.4 is 15.4 Å². The average Bonchev–Trinajstić information content (AvgIpc) is 2.63. The van der Waals surface area contributed by atoms with Crippen molar-refractivity contribution in [3.63, 3.8) is 0 Å². The first-order chi connectivity index (χ1) is 12.0. The second kappa shape index (κ2) is 7.19. The van der Waals surface area contributed by atoms with Gasteiger partial charge in [-0.2, -0.15) is 0 Å². The Hall–Kier alpha value is -2.47. The SMILES string of the molecule is COc1ccc(N2C[C@H](CN)[C@@H](c3cc(F)ccc3F)CC2=O)cc1. The van der Waals surface area contributed by atoms with Crippen LogP contribution in [0.15, 0.2) is 42.5 Å². The Morgan fingerprint density at radius 2 is 1.92 bits per heavy atom. The molecule has 1 fully saturated rings. The maximum Gasteiger partial charge on any atom is 0.227 e. The van der Waals surface area contributed by atoms with Crippen LogP contribution >= 0.6 is 0 Å². The Morgan fingerprint density at radius 1 is 1.20 bits per heavy atom. The minimum Gasteiger partial charge on any atom is -0.497 e. The summed E-state index contributed by atoms with van der Waals surface area (Å²) in [5, 5.41) is 0. The number of amides is 1. The van der Waals surface area contributed by atoms with Crippen molar-refractivity contribution in [3.05, 3.63) is 59.7 Å². The second-order valence-electron chi connectivity index (χ2n) is 6.17. The summed E-state index contributed by atoms with van der Waals surface area (Å²) in [6, 6.07) is 10.5.